The Morgan fingerprint density at radius 3 is 2.16 bits per heavy atom. The first kappa shape index (κ1) is 19.8. The van der Waals surface area contributed by atoms with Gasteiger partial charge >= 0.3 is 6.09 Å². The summed E-state index contributed by atoms with van der Waals surface area (Å²) in [6.07, 6.45) is 1.75. The fraction of sp³-hybridized carbons (Fsp3) is 0.722. The molecule has 1 aliphatic rings. The molecule has 140 valence electrons. The van der Waals surface area contributed by atoms with Crippen LogP contribution >= 0.6 is 11.8 Å². The van der Waals surface area contributed by atoms with E-state index < -0.39 is 5.60 Å². The number of aromatic nitrogens is 2. The lowest BCUT2D eigenvalue weighted by Gasteiger charge is -2.36. The van der Waals surface area contributed by atoms with E-state index in [1.165, 1.54) is 0 Å². The van der Waals surface area contributed by atoms with Gasteiger partial charge in [0.05, 0.1) is 5.69 Å². The van der Waals surface area contributed by atoms with Gasteiger partial charge in [0, 0.05) is 37.7 Å². The van der Waals surface area contributed by atoms with Gasteiger partial charge in [0.1, 0.15) is 11.4 Å². The molecule has 1 amide bonds. The summed E-state index contributed by atoms with van der Waals surface area (Å²) < 4.78 is 5.46. The molecule has 0 atom stereocenters. The Bertz CT molecular complexity index is 614. The molecule has 0 bridgehead atoms. The minimum atomic E-state index is -0.463. The molecular weight excluding hydrogens is 336 g/mol. The third kappa shape index (κ3) is 5.49. The SMILES string of the molecule is CSc1nc(N2CCN(C(=O)OC(C)(C)C)CC2)cc(C(C)(C)C)n1. The van der Waals surface area contributed by atoms with Crippen molar-refractivity contribution in [3.05, 3.63) is 11.8 Å². The second-order valence-corrected chi connectivity index (χ2v) is 9.08. The van der Waals surface area contributed by atoms with Crippen molar-refractivity contribution in [1.82, 2.24) is 14.9 Å². The number of piperazine rings is 1. The van der Waals surface area contributed by atoms with Crippen molar-refractivity contribution in [1.29, 1.82) is 0 Å². The fourth-order valence-electron chi connectivity index (χ4n) is 2.49. The molecule has 1 fully saturated rings. The average Bonchev–Trinajstić information content (AvgIpc) is 2.52. The summed E-state index contributed by atoms with van der Waals surface area (Å²) in [5.74, 6) is 0.938. The lowest BCUT2D eigenvalue weighted by Crippen LogP contribution is -2.50. The number of hydrogen-bond acceptors (Lipinski definition) is 6. The predicted octanol–water partition coefficient (Wildman–Crippen LogP) is 3.55. The van der Waals surface area contributed by atoms with Crippen LogP contribution in [0.4, 0.5) is 10.6 Å². The van der Waals surface area contributed by atoms with Gasteiger partial charge in [-0.15, -0.1) is 0 Å². The second-order valence-electron chi connectivity index (χ2n) is 8.30. The molecule has 0 unspecified atom stereocenters. The number of nitrogens with zero attached hydrogens (tertiary/aromatic N) is 4. The lowest BCUT2D eigenvalue weighted by molar-refractivity contribution is 0.0240. The summed E-state index contributed by atoms with van der Waals surface area (Å²) in [6.45, 7) is 14.9. The smallest absolute Gasteiger partial charge is 0.410 e. The number of rotatable bonds is 2. The van der Waals surface area contributed by atoms with E-state index in [9.17, 15) is 4.79 Å². The fourth-order valence-corrected chi connectivity index (χ4v) is 2.87. The van der Waals surface area contributed by atoms with Crippen LogP contribution in [0.2, 0.25) is 0 Å². The summed E-state index contributed by atoms with van der Waals surface area (Å²) in [5, 5.41) is 0.789. The van der Waals surface area contributed by atoms with Crippen molar-refractivity contribution in [3.8, 4) is 0 Å². The van der Waals surface area contributed by atoms with Crippen LogP contribution in [0.3, 0.4) is 0 Å². The highest BCUT2D eigenvalue weighted by molar-refractivity contribution is 7.98. The Kier molecular flexibility index (Phi) is 5.86. The quantitative estimate of drug-likeness (QED) is 0.589. The van der Waals surface area contributed by atoms with Gasteiger partial charge in [-0.3, -0.25) is 0 Å². The van der Waals surface area contributed by atoms with Crippen LogP contribution in [-0.4, -0.2) is 59.0 Å². The van der Waals surface area contributed by atoms with Crippen LogP contribution in [0.1, 0.15) is 47.2 Å². The minimum Gasteiger partial charge on any atom is -0.444 e. The third-order valence-electron chi connectivity index (χ3n) is 3.90. The number of thioether (sulfide) groups is 1. The molecule has 0 aliphatic carbocycles. The largest absolute Gasteiger partial charge is 0.444 e. The number of carbonyl (C=O) groups excluding carboxylic acids is 1. The van der Waals surface area contributed by atoms with Gasteiger partial charge in [-0.1, -0.05) is 32.5 Å². The molecule has 7 heteroatoms. The van der Waals surface area contributed by atoms with Crippen LogP contribution in [0.25, 0.3) is 0 Å². The van der Waals surface area contributed by atoms with Gasteiger partial charge in [0.2, 0.25) is 0 Å². The Morgan fingerprint density at radius 2 is 1.68 bits per heavy atom. The first-order chi connectivity index (χ1) is 11.5. The monoisotopic (exact) mass is 366 g/mol. The Balaban J connectivity index is 2.09. The number of amides is 1. The number of anilines is 1. The predicted molar refractivity (Wildman–Crippen MR) is 103 cm³/mol. The maximum absolute atomic E-state index is 12.2. The van der Waals surface area contributed by atoms with E-state index in [-0.39, 0.29) is 11.5 Å². The standard InChI is InChI=1S/C18H30N4O2S/c1-17(2,3)13-12-14(20-15(19-13)25-7)21-8-10-22(11-9-21)16(23)24-18(4,5)6/h12H,8-11H2,1-7H3. The van der Waals surface area contributed by atoms with Crippen LogP contribution in [0.5, 0.6) is 0 Å². The van der Waals surface area contributed by atoms with Gasteiger partial charge < -0.3 is 14.5 Å². The van der Waals surface area contributed by atoms with E-state index in [4.69, 9.17) is 4.74 Å². The van der Waals surface area contributed by atoms with Gasteiger partial charge in [-0.05, 0) is 27.0 Å². The van der Waals surface area contributed by atoms with Crippen molar-refractivity contribution in [2.24, 2.45) is 0 Å². The summed E-state index contributed by atoms with van der Waals surface area (Å²) in [4.78, 5) is 25.5. The Labute approximate surface area is 155 Å². The average molecular weight is 367 g/mol. The number of ether oxygens (including phenoxy) is 1. The van der Waals surface area contributed by atoms with E-state index >= 15 is 0 Å². The van der Waals surface area contributed by atoms with Crippen LogP contribution in [-0.2, 0) is 10.2 Å². The van der Waals surface area contributed by atoms with Crippen molar-refractivity contribution in [2.75, 3.05) is 37.3 Å². The van der Waals surface area contributed by atoms with E-state index in [2.05, 4.69) is 41.7 Å². The van der Waals surface area contributed by atoms with Crippen molar-refractivity contribution < 1.29 is 9.53 Å². The molecule has 0 aromatic carbocycles. The molecule has 25 heavy (non-hydrogen) atoms. The van der Waals surface area contributed by atoms with E-state index in [1.54, 1.807) is 16.7 Å². The molecule has 2 heterocycles. The highest BCUT2D eigenvalue weighted by Gasteiger charge is 2.27. The van der Waals surface area contributed by atoms with E-state index in [0.29, 0.717) is 13.1 Å². The second kappa shape index (κ2) is 7.40. The Morgan fingerprint density at radius 1 is 1.08 bits per heavy atom. The summed E-state index contributed by atoms with van der Waals surface area (Å²) >= 11 is 1.56. The molecule has 1 aromatic rings. The molecule has 6 nitrogen and oxygen atoms in total. The van der Waals surface area contributed by atoms with Crippen LogP contribution < -0.4 is 4.90 Å². The molecule has 0 saturated carbocycles. The lowest BCUT2D eigenvalue weighted by atomic mass is 9.92. The summed E-state index contributed by atoms with van der Waals surface area (Å²) in [7, 11) is 0. The number of hydrogen-bond donors (Lipinski definition) is 0. The first-order valence-corrected chi connectivity index (χ1v) is 9.88. The maximum atomic E-state index is 12.2. The van der Waals surface area contributed by atoms with Crippen molar-refractivity contribution >= 4 is 23.7 Å². The van der Waals surface area contributed by atoms with Gasteiger partial charge in [0.15, 0.2) is 5.16 Å². The molecule has 0 radical (unpaired) electrons. The van der Waals surface area contributed by atoms with Crippen molar-refractivity contribution in [2.45, 2.75) is 57.7 Å². The zero-order valence-corrected chi connectivity index (χ0v) is 17.2. The normalized spacial score (nSPS) is 16.1. The topological polar surface area (TPSA) is 58.6 Å². The molecule has 1 aliphatic heterocycles. The zero-order chi connectivity index (χ0) is 18.8. The van der Waals surface area contributed by atoms with E-state index in [1.807, 2.05) is 27.0 Å². The zero-order valence-electron chi connectivity index (χ0n) is 16.4. The maximum Gasteiger partial charge on any atom is 0.410 e. The van der Waals surface area contributed by atoms with Crippen molar-refractivity contribution in [3.63, 3.8) is 0 Å². The van der Waals surface area contributed by atoms with Gasteiger partial charge in [-0.2, -0.15) is 0 Å². The highest BCUT2D eigenvalue weighted by Crippen LogP contribution is 2.27. The van der Waals surface area contributed by atoms with E-state index in [0.717, 1.165) is 29.8 Å². The molecule has 2 rings (SSSR count). The minimum absolute atomic E-state index is 0.0273. The molecule has 0 N–H and O–H groups in total. The number of carbonyl (C=O) groups is 1. The summed E-state index contributed by atoms with van der Waals surface area (Å²) in [6, 6.07) is 2.07. The third-order valence-corrected chi connectivity index (χ3v) is 4.45. The Hall–Kier alpha value is -1.50. The highest BCUT2D eigenvalue weighted by atomic mass is 32.2. The van der Waals surface area contributed by atoms with Crippen LogP contribution in [0.15, 0.2) is 11.2 Å². The molecule has 0 spiro atoms. The first-order valence-electron chi connectivity index (χ1n) is 8.66. The molecular formula is C18H30N4O2S. The van der Waals surface area contributed by atoms with Gasteiger partial charge in [0.25, 0.3) is 0 Å². The molecule has 1 aromatic heterocycles. The molecule has 1 saturated heterocycles. The summed E-state index contributed by atoms with van der Waals surface area (Å²) in [5.41, 5.74) is 0.549. The van der Waals surface area contributed by atoms with Crippen LogP contribution in [0, 0.1) is 0 Å². The van der Waals surface area contributed by atoms with Gasteiger partial charge in [-0.25, -0.2) is 14.8 Å².